The maximum Gasteiger partial charge on any atom is 0.317 e. The number of carbonyl (C=O) groups excluding carboxylic acids is 1. The van der Waals surface area contributed by atoms with Gasteiger partial charge in [0.25, 0.3) is 0 Å². The lowest BCUT2D eigenvalue weighted by atomic mass is 10.1. The number of rotatable bonds is 5. The lowest BCUT2D eigenvalue weighted by Gasteiger charge is -2.27. The van der Waals surface area contributed by atoms with Gasteiger partial charge in [-0.1, -0.05) is 36.4 Å². The summed E-state index contributed by atoms with van der Waals surface area (Å²) in [5, 5.41) is 3.05. The molecule has 6 nitrogen and oxygen atoms in total. The molecule has 0 bridgehead atoms. The molecule has 6 heteroatoms. The van der Waals surface area contributed by atoms with Gasteiger partial charge < -0.3 is 19.7 Å². The van der Waals surface area contributed by atoms with Gasteiger partial charge in [-0.3, -0.25) is 4.90 Å². The molecule has 0 spiro atoms. The van der Waals surface area contributed by atoms with Gasteiger partial charge in [0, 0.05) is 31.7 Å². The third kappa shape index (κ3) is 5.49. The van der Waals surface area contributed by atoms with E-state index in [-0.39, 0.29) is 6.03 Å². The lowest BCUT2D eigenvalue weighted by Crippen LogP contribution is -2.41. The second-order valence-electron chi connectivity index (χ2n) is 7.57. The summed E-state index contributed by atoms with van der Waals surface area (Å²) < 4.78 is 11.3. The Morgan fingerprint density at radius 1 is 0.966 bits per heavy atom. The van der Waals surface area contributed by atoms with Crippen LogP contribution in [0.25, 0.3) is 0 Å². The zero-order valence-electron chi connectivity index (χ0n) is 16.8. The van der Waals surface area contributed by atoms with Gasteiger partial charge >= 0.3 is 6.03 Å². The Balaban J connectivity index is 1.34. The van der Waals surface area contributed by atoms with Gasteiger partial charge in [-0.25, -0.2) is 4.79 Å². The summed E-state index contributed by atoms with van der Waals surface area (Å²) in [5.41, 5.74) is 3.55. The number of hydrogen-bond acceptors (Lipinski definition) is 4. The molecule has 154 valence electrons. The molecule has 1 N–H and O–H groups in total. The molecule has 0 unspecified atom stereocenters. The molecule has 2 aromatic carbocycles. The van der Waals surface area contributed by atoms with Gasteiger partial charge in [0.1, 0.15) is 12.4 Å². The lowest BCUT2D eigenvalue weighted by molar-refractivity contribution is 0.0342. The third-order valence-electron chi connectivity index (χ3n) is 5.43. The van der Waals surface area contributed by atoms with Crippen molar-refractivity contribution in [1.29, 1.82) is 0 Å². The molecule has 0 saturated carbocycles. The number of urea groups is 1. The van der Waals surface area contributed by atoms with Crippen molar-refractivity contribution in [3.8, 4) is 5.75 Å². The van der Waals surface area contributed by atoms with Crippen LogP contribution in [0.1, 0.15) is 16.7 Å². The number of morpholine rings is 1. The zero-order chi connectivity index (χ0) is 19.9. The molecule has 0 radical (unpaired) electrons. The van der Waals surface area contributed by atoms with Crippen molar-refractivity contribution in [1.82, 2.24) is 15.1 Å². The van der Waals surface area contributed by atoms with Crippen LogP contribution in [0.2, 0.25) is 0 Å². The Bertz CT molecular complexity index is 806. The van der Waals surface area contributed by atoms with Crippen LogP contribution < -0.4 is 10.1 Å². The highest BCUT2D eigenvalue weighted by Crippen LogP contribution is 2.25. The van der Waals surface area contributed by atoms with Crippen LogP contribution in [0.5, 0.6) is 5.75 Å². The number of nitrogens with one attached hydrogen (secondary N) is 1. The minimum absolute atomic E-state index is 0.0315. The number of hydrogen-bond donors (Lipinski definition) is 1. The second-order valence-corrected chi connectivity index (χ2v) is 7.57. The summed E-state index contributed by atoms with van der Waals surface area (Å²) in [6, 6.07) is 16.5. The molecule has 2 amide bonds. The van der Waals surface area contributed by atoms with Crippen LogP contribution in [0.15, 0.2) is 48.5 Å². The molecule has 2 aromatic rings. The minimum Gasteiger partial charge on any atom is -0.491 e. The first-order chi connectivity index (χ1) is 14.3. The Labute approximate surface area is 172 Å². The molecular formula is C23H29N3O3. The van der Waals surface area contributed by atoms with Crippen LogP contribution in [0, 0.1) is 0 Å². The fraction of sp³-hybridized carbons (Fsp3) is 0.435. The maximum atomic E-state index is 12.7. The van der Waals surface area contributed by atoms with Crippen LogP contribution in [0.4, 0.5) is 4.79 Å². The van der Waals surface area contributed by atoms with E-state index < -0.39 is 0 Å². The van der Waals surface area contributed by atoms with Crippen molar-refractivity contribution >= 4 is 6.03 Å². The maximum absolute atomic E-state index is 12.7. The monoisotopic (exact) mass is 395 g/mol. The number of nitrogens with zero attached hydrogens (tertiary/aromatic N) is 2. The van der Waals surface area contributed by atoms with E-state index in [4.69, 9.17) is 9.47 Å². The van der Waals surface area contributed by atoms with Gasteiger partial charge in [0.2, 0.25) is 0 Å². The quantitative estimate of drug-likeness (QED) is 0.846. The SMILES string of the molecule is O=C(NCCc1ccccc1)N1CCOc2ccc(CN3CCOCC3)cc2C1. The van der Waals surface area contributed by atoms with E-state index in [1.165, 1.54) is 11.1 Å². The van der Waals surface area contributed by atoms with Crippen molar-refractivity contribution in [3.05, 3.63) is 65.2 Å². The Kier molecular flexibility index (Phi) is 6.64. The van der Waals surface area contributed by atoms with E-state index in [2.05, 4.69) is 34.5 Å². The Morgan fingerprint density at radius 2 is 1.79 bits per heavy atom. The predicted octanol–water partition coefficient (Wildman–Crippen LogP) is 2.67. The molecule has 2 aliphatic rings. The highest BCUT2D eigenvalue weighted by molar-refractivity contribution is 5.74. The average Bonchev–Trinajstić information content (AvgIpc) is 2.97. The fourth-order valence-electron chi connectivity index (χ4n) is 3.81. The first-order valence-corrected chi connectivity index (χ1v) is 10.4. The fourth-order valence-corrected chi connectivity index (χ4v) is 3.81. The summed E-state index contributed by atoms with van der Waals surface area (Å²) in [4.78, 5) is 16.9. The largest absolute Gasteiger partial charge is 0.491 e. The molecule has 1 saturated heterocycles. The van der Waals surface area contributed by atoms with E-state index >= 15 is 0 Å². The van der Waals surface area contributed by atoms with E-state index in [0.29, 0.717) is 26.2 Å². The van der Waals surface area contributed by atoms with E-state index in [1.54, 1.807) is 0 Å². The summed E-state index contributed by atoms with van der Waals surface area (Å²) in [6.45, 7) is 6.73. The predicted molar refractivity (Wildman–Crippen MR) is 112 cm³/mol. The van der Waals surface area contributed by atoms with Gasteiger partial charge in [-0.15, -0.1) is 0 Å². The topological polar surface area (TPSA) is 54.0 Å². The molecule has 4 rings (SSSR count). The zero-order valence-corrected chi connectivity index (χ0v) is 16.8. The standard InChI is InChI=1S/C23H29N3O3/c27-23(24-9-8-19-4-2-1-3-5-19)26-12-15-29-22-7-6-20(16-21(22)18-26)17-25-10-13-28-14-11-25/h1-7,16H,8-15,17-18H2,(H,24,27). The number of ether oxygens (including phenoxy) is 2. The van der Waals surface area contributed by atoms with Crippen molar-refractivity contribution in [2.24, 2.45) is 0 Å². The van der Waals surface area contributed by atoms with Crippen molar-refractivity contribution in [2.75, 3.05) is 46.0 Å². The number of amides is 2. The summed E-state index contributed by atoms with van der Waals surface area (Å²) in [7, 11) is 0. The molecule has 29 heavy (non-hydrogen) atoms. The molecule has 0 atom stereocenters. The molecule has 0 aromatic heterocycles. The highest BCUT2D eigenvalue weighted by atomic mass is 16.5. The third-order valence-corrected chi connectivity index (χ3v) is 5.43. The summed E-state index contributed by atoms with van der Waals surface area (Å²) >= 11 is 0. The number of fused-ring (bicyclic) bond motifs is 1. The van der Waals surface area contributed by atoms with E-state index in [9.17, 15) is 4.79 Å². The number of benzene rings is 2. The highest BCUT2D eigenvalue weighted by Gasteiger charge is 2.20. The molecule has 0 aliphatic carbocycles. The molecule has 2 aliphatic heterocycles. The second kappa shape index (κ2) is 9.76. The summed E-state index contributed by atoms with van der Waals surface area (Å²) in [5.74, 6) is 0.885. The van der Waals surface area contributed by atoms with Crippen molar-refractivity contribution in [2.45, 2.75) is 19.5 Å². The molecular weight excluding hydrogens is 366 g/mol. The van der Waals surface area contributed by atoms with Gasteiger partial charge in [-0.05, 0) is 29.7 Å². The first-order valence-electron chi connectivity index (χ1n) is 10.4. The molecule has 1 fully saturated rings. The van der Waals surface area contributed by atoms with E-state index in [1.807, 2.05) is 29.2 Å². The van der Waals surface area contributed by atoms with E-state index in [0.717, 1.165) is 50.6 Å². The van der Waals surface area contributed by atoms with Gasteiger partial charge in [-0.2, -0.15) is 0 Å². The van der Waals surface area contributed by atoms with Crippen LogP contribution in [-0.4, -0.2) is 61.8 Å². The van der Waals surface area contributed by atoms with Crippen LogP contribution >= 0.6 is 0 Å². The number of carbonyl (C=O) groups is 1. The van der Waals surface area contributed by atoms with Gasteiger partial charge in [0.05, 0.1) is 26.3 Å². The summed E-state index contributed by atoms with van der Waals surface area (Å²) in [6.07, 6.45) is 0.831. The van der Waals surface area contributed by atoms with Crippen LogP contribution in [-0.2, 0) is 24.2 Å². The van der Waals surface area contributed by atoms with Crippen molar-refractivity contribution < 1.29 is 14.3 Å². The van der Waals surface area contributed by atoms with Crippen LogP contribution in [0.3, 0.4) is 0 Å². The molecule has 2 heterocycles. The normalized spacial score (nSPS) is 17.2. The Morgan fingerprint density at radius 3 is 2.62 bits per heavy atom. The average molecular weight is 396 g/mol. The Hall–Kier alpha value is -2.57. The van der Waals surface area contributed by atoms with Gasteiger partial charge in [0.15, 0.2) is 0 Å². The minimum atomic E-state index is -0.0315. The first kappa shape index (κ1) is 19.7. The smallest absolute Gasteiger partial charge is 0.317 e. The van der Waals surface area contributed by atoms with Crippen molar-refractivity contribution in [3.63, 3.8) is 0 Å².